The molecule has 0 aliphatic carbocycles. The third-order valence-corrected chi connectivity index (χ3v) is 6.07. The Kier molecular flexibility index (Phi) is 6.06. The molecule has 1 aromatic carbocycles. The smallest absolute Gasteiger partial charge is 0.254 e. The Morgan fingerprint density at radius 3 is 2.46 bits per heavy atom. The minimum Gasteiger partial charge on any atom is -0.356 e. The molecule has 0 atom stereocenters. The number of nitrogens with one attached hydrogen (secondary N) is 1. The van der Waals surface area contributed by atoms with E-state index in [9.17, 15) is 14.4 Å². The van der Waals surface area contributed by atoms with Gasteiger partial charge in [-0.25, -0.2) is 0 Å². The molecule has 0 unspecified atom stereocenters. The fourth-order valence-corrected chi connectivity index (χ4v) is 4.28. The lowest BCUT2D eigenvalue weighted by Gasteiger charge is -2.47. The van der Waals surface area contributed by atoms with Gasteiger partial charge in [0.05, 0.1) is 12.0 Å². The van der Waals surface area contributed by atoms with E-state index < -0.39 is 5.54 Å². The van der Waals surface area contributed by atoms with Crippen molar-refractivity contribution in [2.24, 2.45) is 5.92 Å². The maximum absolute atomic E-state index is 13.1. The van der Waals surface area contributed by atoms with Crippen LogP contribution in [-0.4, -0.2) is 52.7 Å². The monoisotopic (exact) mass is 385 g/mol. The van der Waals surface area contributed by atoms with Gasteiger partial charge in [0.2, 0.25) is 11.8 Å². The summed E-state index contributed by atoms with van der Waals surface area (Å²) >= 11 is 0. The molecule has 0 radical (unpaired) electrons. The number of piperidine rings is 1. The highest BCUT2D eigenvalue weighted by atomic mass is 16.2. The van der Waals surface area contributed by atoms with Crippen molar-refractivity contribution in [3.63, 3.8) is 0 Å². The Balaban J connectivity index is 1.77. The number of amides is 3. The topological polar surface area (TPSA) is 69.7 Å². The van der Waals surface area contributed by atoms with Crippen molar-refractivity contribution in [1.82, 2.24) is 15.1 Å². The molecule has 2 aliphatic heterocycles. The van der Waals surface area contributed by atoms with Crippen LogP contribution in [0.25, 0.3) is 0 Å². The summed E-state index contributed by atoms with van der Waals surface area (Å²) < 4.78 is 0. The number of likely N-dealkylation sites (tertiary alicyclic amines) is 1. The zero-order valence-corrected chi connectivity index (χ0v) is 17.2. The predicted molar refractivity (Wildman–Crippen MR) is 108 cm³/mol. The molecule has 152 valence electrons. The highest BCUT2D eigenvalue weighted by Crippen LogP contribution is 2.38. The number of fused-ring (bicyclic) bond motifs is 1. The van der Waals surface area contributed by atoms with Crippen molar-refractivity contribution in [3.05, 3.63) is 35.4 Å². The largest absolute Gasteiger partial charge is 0.356 e. The Bertz CT molecular complexity index is 751. The first-order valence-electron chi connectivity index (χ1n) is 10.2. The van der Waals surface area contributed by atoms with E-state index in [0.717, 1.165) is 17.5 Å². The third kappa shape index (κ3) is 4.21. The molecule has 1 saturated heterocycles. The molecule has 0 saturated carbocycles. The van der Waals surface area contributed by atoms with E-state index in [2.05, 4.69) is 19.2 Å². The summed E-state index contributed by atoms with van der Waals surface area (Å²) in [4.78, 5) is 41.3. The fraction of sp³-hybridized carbons (Fsp3) is 0.591. The second kappa shape index (κ2) is 8.33. The molecule has 6 nitrogen and oxygen atoms in total. The van der Waals surface area contributed by atoms with Gasteiger partial charge in [-0.2, -0.15) is 0 Å². The average molecular weight is 386 g/mol. The molecule has 1 fully saturated rings. The first-order chi connectivity index (χ1) is 13.3. The molecule has 6 heteroatoms. The van der Waals surface area contributed by atoms with Gasteiger partial charge in [-0.05, 0) is 36.8 Å². The summed E-state index contributed by atoms with van der Waals surface area (Å²) in [5.41, 5.74) is 1.21. The van der Waals surface area contributed by atoms with Crippen LogP contribution in [0.3, 0.4) is 0 Å². The van der Waals surface area contributed by atoms with Crippen molar-refractivity contribution in [1.29, 1.82) is 0 Å². The normalized spacial score (nSPS) is 18.4. The Morgan fingerprint density at radius 2 is 1.86 bits per heavy atom. The predicted octanol–water partition coefficient (Wildman–Crippen LogP) is 2.58. The lowest BCUT2D eigenvalue weighted by atomic mass is 9.82. The highest BCUT2D eigenvalue weighted by molar-refractivity contribution is 5.99. The number of nitrogens with zero attached hydrogens (tertiary/aromatic N) is 2. The van der Waals surface area contributed by atoms with Crippen molar-refractivity contribution >= 4 is 17.7 Å². The van der Waals surface area contributed by atoms with Crippen LogP contribution >= 0.6 is 0 Å². The van der Waals surface area contributed by atoms with E-state index in [1.807, 2.05) is 34.1 Å². The van der Waals surface area contributed by atoms with E-state index in [-0.39, 0.29) is 24.1 Å². The molecule has 3 amide bonds. The molecular formula is C22H31N3O3. The maximum atomic E-state index is 13.1. The van der Waals surface area contributed by atoms with Gasteiger partial charge in [-0.1, -0.05) is 32.0 Å². The van der Waals surface area contributed by atoms with Gasteiger partial charge in [0.15, 0.2) is 0 Å². The van der Waals surface area contributed by atoms with Gasteiger partial charge in [-0.15, -0.1) is 0 Å². The van der Waals surface area contributed by atoms with Gasteiger partial charge < -0.3 is 15.1 Å². The van der Waals surface area contributed by atoms with Crippen molar-refractivity contribution in [2.75, 3.05) is 19.6 Å². The summed E-state index contributed by atoms with van der Waals surface area (Å²) in [6.07, 6.45) is 2.48. The van der Waals surface area contributed by atoms with Gasteiger partial charge in [0, 0.05) is 38.7 Å². The van der Waals surface area contributed by atoms with Gasteiger partial charge in [0.25, 0.3) is 5.91 Å². The second-order valence-electron chi connectivity index (χ2n) is 8.49. The highest BCUT2D eigenvalue weighted by Gasteiger charge is 2.47. The average Bonchev–Trinajstić information content (AvgIpc) is 2.99. The molecule has 2 heterocycles. The minimum absolute atomic E-state index is 0.00172. The molecule has 3 rings (SSSR count). The number of hydrogen-bond donors (Lipinski definition) is 1. The summed E-state index contributed by atoms with van der Waals surface area (Å²) in [6.45, 7) is 8.18. The molecule has 0 spiro atoms. The first-order valence-corrected chi connectivity index (χ1v) is 10.2. The SMILES string of the molecule is CC(=O)N1CCC(CC(=O)NCCC(C)C)(N2Cc3ccccc3C2=O)CC1. The van der Waals surface area contributed by atoms with Crippen LogP contribution < -0.4 is 5.32 Å². The van der Waals surface area contributed by atoms with E-state index in [1.54, 1.807) is 6.92 Å². The van der Waals surface area contributed by atoms with E-state index >= 15 is 0 Å². The zero-order valence-electron chi connectivity index (χ0n) is 17.2. The van der Waals surface area contributed by atoms with Crippen molar-refractivity contribution in [3.8, 4) is 0 Å². The molecule has 1 N–H and O–H groups in total. The van der Waals surface area contributed by atoms with Crippen LogP contribution in [0.4, 0.5) is 0 Å². The molecule has 28 heavy (non-hydrogen) atoms. The Labute approximate surface area is 167 Å². The third-order valence-electron chi connectivity index (χ3n) is 6.07. The molecule has 1 aromatic rings. The van der Waals surface area contributed by atoms with E-state index in [4.69, 9.17) is 0 Å². The molecule has 2 aliphatic rings. The maximum Gasteiger partial charge on any atom is 0.254 e. The fourth-order valence-electron chi connectivity index (χ4n) is 4.28. The lowest BCUT2D eigenvalue weighted by molar-refractivity contribution is -0.132. The van der Waals surface area contributed by atoms with Crippen LogP contribution in [0.15, 0.2) is 24.3 Å². The van der Waals surface area contributed by atoms with Crippen molar-refractivity contribution < 1.29 is 14.4 Å². The zero-order chi connectivity index (χ0) is 20.3. The van der Waals surface area contributed by atoms with Crippen LogP contribution in [0.2, 0.25) is 0 Å². The number of carbonyl (C=O) groups is 3. The molecule has 0 aromatic heterocycles. The first kappa shape index (κ1) is 20.4. The van der Waals surface area contributed by atoms with Crippen LogP contribution in [0, 0.1) is 5.92 Å². The summed E-state index contributed by atoms with van der Waals surface area (Å²) in [6, 6.07) is 7.66. The number of rotatable bonds is 6. The van der Waals surface area contributed by atoms with Crippen LogP contribution in [0.5, 0.6) is 0 Å². The van der Waals surface area contributed by atoms with Gasteiger partial charge >= 0.3 is 0 Å². The van der Waals surface area contributed by atoms with Gasteiger partial charge in [-0.3, -0.25) is 14.4 Å². The number of hydrogen-bond acceptors (Lipinski definition) is 3. The summed E-state index contributed by atoms with van der Waals surface area (Å²) in [5.74, 6) is 0.566. The lowest BCUT2D eigenvalue weighted by Crippen LogP contribution is -2.58. The summed E-state index contributed by atoms with van der Waals surface area (Å²) in [7, 11) is 0. The van der Waals surface area contributed by atoms with Crippen molar-refractivity contribution in [2.45, 2.75) is 58.5 Å². The number of carbonyl (C=O) groups excluding carboxylic acids is 3. The summed E-state index contributed by atoms with van der Waals surface area (Å²) in [5, 5.41) is 3.02. The van der Waals surface area contributed by atoms with Crippen LogP contribution in [0.1, 0.15) is 62.4 Å². The van der Waals surface area contributed by atoms with Crippen LogP contribution in [-0.2, 0) is 16.1 Å². The standard InChI is InChI=1S/C22H31N3O3/c1-16(2)8-11-23-20(27)14-22(9-12-24(13-10-22)17(3)26)25-15-18-6-4-5-7-19(18)21(25)28/h4-7,16H,8-15H2,1-3H3,(H,23,27). The Hall–Kier alpha value is -2.37. The quantitative estimate of drug-likeness (QED) is 0.818. The van der Waals surface area contributed by atoms with Gasteiger partial charge in [0.1, 0.15) is 0 Å². The Morgan fingerprint density at radius 1 is 1.18 bits per heavy atom. The molecular weight excluding hydrogens is 354 g/mol. The number of benzene rings is 1. The second-order valence-corrected chi connectivity index (χ2v) is 8.49. The molecule has 0 bridgehead atoms. The minimum atomic E-state index is -0.538. The van der Waals surface area contributed by atoms with E-state index in [1.165, 1.54) is 0 Å². The van der Waals surface area contributed by atoms with E-state index in [0.29, 0.717) is 44.9 Å².